The number of aliphatic hydroxyl groups is 1. The van der Waals surface area contributed by atoms with Crippen molar-refractivity contribution in [2.24, 2.45) is 0 Å². The Bertz CT molecular complexity index is 1040. The predicted molar refractivity (Wildman–Crippen MR) is 128 cm³/mol. The van der Waals surface area contributed by atoms with Crippen molar-refractivity contribution in [2.45, 2.75) is 50.5 Å². The summed E-state index contributed by atoms with van der Waals surface area (Å²) in [4.78, 5) is 11.3. The van der Waals surface area contributed by atoms with E-state index in [-0.39, 0.29) is 19.8 Å². The highest BCUT2D eigenvalue weighted by Crippen LogP contribution is 2.29. The Morgan fingerprint density at radius 2 is 1.20 bits per heavy atom. The summed E-state index contributed by atoms with van der Waals surface area (Å²) in [6, 6.07) is 27.0. The van der Waals surface area contributed by atoms with Gasteiger partial charge >= 0.3 is 0 Å². The lowest BCUT2D eigenvalue weighted by Crippen LogP contribution is -2.62. The summed E-state index contributed by atoms with van der Waals surface area (Å²) >= 11 is 0. The summed E-state index contributed by atoms with van der Waals surface area (Å²) in [7, 11) is 0. The summed E-state index contributed by atoms with van der Waals surface area (Å²) in [5.41, 5.74) is 2.74. The first-order chi connectivity index (χ1) is 17.1. The number of hydrogen-bond donors (Lipinski definition) is 1. The van der Waals surface area contributed by atoms with Crippen molar-refractivity contribution in [1.29, 1.82) is 0 Å². The molecular weight excluding hydrogens is 450 g/mol. The largest absolute Gasteiger partial charge is 0.374 e. The van der Waals surface area contributed by atoms with E-state index in [9.17, 15) is 15.2 Å². The summed E-state index contributed by atoms with van der Waals surface area (Å²) in [5.74, 6) is 0. The molecule has 1 heterocycles. The summed E-state index contributed by atoms with van der Waals surface area (Å²) in [6.45, 7) is 0.735. The fourth-order valence-electron chi connectivity index (χ4n) is 4.06. The molecule has 0 aliphatic carbocycles. The average molecular weight is 480 g/mol. The molecule has 5 atom stereocenters. The van der Waals surface area contributed by atoms with Crippen LogP contribution in [0.2, 0.25) is 0 Å². The second-order valence-corrected chi connectivity index (χ2v) is 8.36. The minimum Gasteiger partial charge on any atom is -0.374 e. The van der Waals surface area contributed by atoms with Crippen LogP contribution in [0.1, 0.15) is 16.7 Å². The number of nitro groups is 1. The van der Waals surface area contributed by atoms with Gasteiger partial charge in [-0.05, 0) is 16.7 Å². The van der Waals surface area contributed by atoms with Crippen LogP contribution in [0.5, 0.6) is 0 Å². The van der Waals surface area contributed by atoms with E-state index in [1.54, 1.807) is 0 Å². The van der Waals surface area contributed by atoms with Gasteiger partial charge in [-0.25, -0.2) is 0 Å². The molecular formula is C27H29NO7. The minimum absolute atomic E-state index is 0.0705. The van der Waals surface area contributed by atoms with Gasteiger partial charge in [-0.1, -0.05) is 91.0 Å². The SMILES string of the molecule is O=[N+]([O-])[C@@H]1[C@@H](OCc2ccccc2)[C@H](OCc2ccccc2)[C@@H](COCc2ccccc2)O[C@H]1O. The standard InChI is InChI=1S/C27H29NO7/c29-27-24(28(30)31)26(34-18-22-14-8-3-9-15-22)25(33-17-21-12-6-2-7-13-21)23(35-27)19-32-16-20-10-4-1-5-11-20/h1-15,23-27,29H,16-19H2/t23-,24-,25-,26-,27-/m1/s1. The molecule has 1 aliphatic heterocycles. The normalized spacial score (nSPS) is 24.2. The highest BCUT2D eigenvalue weighted by molar-refractivity contribution is 5.15. The third kappa shape index (κ3) is 6.94. The smallest absolute Gasteiger partial charge is 0.291 e. The van der Waals surface area contributed by atoms with Crippen LogP contribution in [0.3, 0.4) is 0 Å². The van der Waals surface area contributed by atoms with Crippen molar-refractivity contribution >= 4 is 0 Å². The number of benzene rings is 3. The Hall–Kier alpha value is -3.14. The number of rotatable bonds is 11. The molecule has 0 amide bonds. The van der Waals surface area contributed by atoms with Gasteiger partial charge in [0.2, 0.25) is 6.29 Å². The third-order valence-corrected chi connectivity index (χ3v) is 5.84. The lowest BCUT2D eigenvalue weighted by molar-refractivity contribution is -0.575. The molecule has 0 saturated carbocycles. The Morgan fingerprint density at radius 3 is 1.69 bits per heavy atom. The summed E-state index contributed by atoms with van der Waals surface area (Å²) in [5, 5.41) is 22.5. The van der Waals surface area contributed by atoms with Crippen LogP contribution in [0.4, 0.5) is 0 Å². The van der Waals surface area contributed by atoms with Crippen LogP contribution in [0.15, 0.2) is 91.0 Å². The Balaban J connectivity index is 1.52. The number of hydrogen-bond acceptors (Lipinski definition) is 7. The van der Waals surface area contributed by atoms with Crippen molar-refractivity contribution < 1.29 is 29.0 Å². The van der Waals surface area contributed by atoms with E-state index >= 15 is 0 Å². The molecule has 0 radical (unpaired) electrons. The molecule has 1 N–H and O–H groups in total. The lowest BCUT2D eigenvalue weighted by Gasteiger charge is -2.40. The Labute approximate surface area is 204 Å². The van der Waals surface area contributed by atoms with Gasteiger partial charge in [0.05, 0.1) is 26.4 Å². The molecule has 1 saturated heterocycles. The molecule has 3 aromatic rings. The Morgan fingerprint density at radius 1 is 0.743 bits per heavy atom. The van der Waals surface area contributed by atoms with E-state index in [4.69, 9.17) is 18.9 Å². The van der Waals surface area contributed by atoms with Gasteiger partial charge in [0, 0.05) is 4.92 Å². The fourth-order valence-corrected chi connectivity index (χ4v) is 4.06. The fraction of sp³-hybridized carbons (Fsp3) is 0.333. The number of aliphatic hydroxyl groups excluding tert-OH is 1. The van der Waals surface area contributed by atoms with Gasteiger partial charge in [-0.15, -0.1) is 0 Å². The molecule has 0 spiro atoms. The zero-order valence-electron chi connectivity index (χ0n) is 19.2. The van der Waals surface area contributed by atoms with E-state index in [0.29, 0.717) is 6.61 Å². The van der Waals surface area contributed by atoms with Crippen LogP contribution in [-0.2, 0) is 38.8 Å². The van der Waals surface area contributed by atoms with E-state index < -0.39 is 35.6 Å². The predicted octanol–water partition coefficient (Wildman–Crippen LogP) is 3.74. The lowest BCUT2D eigenvalue weighted by atomic mass is 9.96. The van der Waals surface area contributed by atoms with Crippen molar-refractivity contribution in [1.82, 2.24) is 0 Å². The van der Waals surface area contributed by atoms with E-state index in [0.717, 1.165) is 16.7 Å². The molecule has 3 aromatic carbocycles. The maximum absolute atomic E-state index is 11.9. The van der Waals surface area contributed by atoms with E-state index in [1.807, 2.05) is 91.0 Å². The van der Waals surface area contributed by atoms with Crippen LogP contribution in [0.25, 0.3) is 0 Å². The first-order valence-corrected chi connectivity index (χ1v) is 11.5. The van der Waals surface area contributed by atoms with Crippen molar-refractivity contribution in [3.05, 3.63) is 118 Å². The molecule has 1 fully saturated rings. The van der Waals surface area contributed by atoms with Gasteiger partial charge in [0.25, 0.3) is 6.04 Å². The molecule has 8 heteroatoms. The zero-order chi connectivity index (χ0) is 24.5. The van der Waals surface area contributed by atoms with Gasteiger partial charge in [-0.2, -0.15) is 0 Å². The van der Waals surface area contributed by atoms with Crippen molar-refractivity contribution in [2.75, 3.05) is 6.61 Å². The molecule has 35 heavy (non-hydrogen) atoms. The molecule has 184 valence electrons. The zero-order valence-corrected chi connectivity index (χ0v) is 19.2. The quantitative estimate of drug-likeness (QED) is 0.330. The summed E-state index contributed by atoms with van der Waals surface area (Å²) < 4.78 is 23.7. The monoisotopic (exact) mass is 479 g/mol. The topological polar surface area (TPSA) is 100 Å². The van der Waals surface area contributed by atoms with Gasteiger partial charge in [0.1, 0.15) is 12.2 Å². The second-order valence-electron chi connectivity index (χ2n) is 8.36. The Kier molecular flexibility index (Phi) is 8.94. The van der Waals surface area contributed by atoms with Crippen LogP contribution in [-0.4, -0.2) is 47.3 Å². The molecule has 0 bridgehead atoms. The molecule has 1 aliphatic rings. The van der Waals surface area contributed by atoms with Crippen molar-refractivity contribution in [3.63, 3.8) is 0 Å². The maximum Gasteiger partial charge on any atom is 0.291 e. The van der Waals surface area contributed by atoms with E-state index in [1.165, 1.54) is 0 Å². The van der Waals surface area contributed by atoms with Crippen LogP contribution >= 0.6 is 0 Å². The molecule has 0 aromatic heterocycles. The first-order valence-electron chi connectivity index (χ1n) is 11.5. The molecule has 4 rings (SSSR count). The van der Waals surface area contributed by atoms with Gasteiger partial charge in [-0.3, -0.25) is 10.1 Å². The molecule has 8 nitrogen and oxygen atoms in total. The number of ether oxygens (including phenoxy) is 4. The highest BCUT2D eigenvalue weighted by atomic mass is 16.7. The van der Waals surface area contributed by atoms with Gasteiger partial charge in [0.15, 0.2) is 6.10 Å². The van der Waals surface area contributed by atoms with Crippen LogP contribution < -0.4 is 0 Å². The summed E-state index contributed by atoms with van der Waals surface area (Å²) in [6.07, 6.45) is -4.32. The molecule has 0 unspecified atom stereocenters. The second kappa shape index (κ2) is 12.5. The van der Waals surface area contributed by atoms with Gasteiger partial charge < -0.3 is 24.1 Å². The van der Waals surface area contributed by atoms with Crippen LogP contribution in [0, 0.1) is 10.1 Å². The van der Waals surface area contributed by atoms with Crippen molar-refractivity contribution in [3.8, 4) is 0 Å². The first kappa shape index (κ1) is 25.0. The maximum atomic E-state index is 11.9. The number of nitrogens with zero attached hydrogens (tertiary/aromatic N) is 1. The minimum atomic E-state index is -1.66. The van der Waals surface area contributed by atoms with E-state index in [2.05, 4.69) is 0 Å². The highest BCUT2D eigenvalue weighted by Gasteiger charge is 2.53. The third-order valence-electron chi connectivity index (χ3n) is 5.84. The average Bonchev–Trinajstić information content (AvgIpc) is 2.88.